The summed E-state index contributed by atoms with van der Waals surface area (Å²) in [6, 6.07) is 3.38. The molecule has 0 unspecified atom stereocenters. The largest absolute Gasteiger partial charge is 0.411 e. The van der Waals surface area contributed by atoms with E-state index < -0.39 is 18.7 Å². The first-order valence-electron chi connectivity index (χ1n) is 5.85. The highest BCUT2D eigenvalue weighted by molar-refractivity contribution is 5.90. The number of pyridine rings is 1. The molecule has 0 aliphatic carbocycles. The molecular formula is C12H16F3N3O2. The molecule has 8 heteroatoms. The molecule has 1 N–H and O–H groups in total. The summed E-state index contributed by atoms with van der Waals surface area (Å²) in [7, 11) is 3.66. The van der Waals surface area contributed by atoms with Gasteiger partial charge in [0.05, 0.1) is 24.9 Å². The number of nitrogens with zero attached hydrogens (tertiary/aromatic N) is 2. The van der Waals surface area contributed by atoms with Crippen LogP contribution < -0.4 is 10.2 Å². The number of hydrogen-bond acceptors (Lipinski definition) is 4. The smallest absolute Gasteiger partial charge is 0.372 e. The Labute approximate surface area is 114 Å². The first-order valence-corrected chi connectivity index (χ1v) is 5.85. The molecule has 0 bridgehead atoms. The molecule has 0 atom stereocenters. The van der Waals surface area contributed by atoms with E-state index in [0.717, 1.165) is 5.82 Å². The summed E-state index contributed by atoms with van der Waals surface area (Å²) >= 11 is 0. The van der Waals surface area contributed by atoms with Crippen LogP contribution >= 0.6 is 0 Å². The van der Waals surface area contributed by atoms with E-state index in [0.29, 0.717) is 5.69 Å². The fourth-order valence-electron chi connectivity index (χ4n) is 1.30. The molecule has 0 fully saturated rings. The van der Waals surface area contributed by atoms with Crippen LogP contribution in [0, 0.1) is 0 Å². The van der Waals surface area contributed by atoms with Gasteiger partial charge in [-0.2, -0.15) is 13.2 Å². The summed E-state index contributed by atoms with van der Waals surface area (Å²) in [6.07, 6.45) is -3.04. The number of nitrogens with one attached hydrogen (secondary N) is 1. The van der Waals surface area contributed by atoms with E-state index in [1.807, 2.05) is 14.1 Å². The van der Waals surface area contributed by atoms with Crippen LogP contribution in [0.15, 0.2) is 18.3 Å². The predicted molar refractivity (Wildman–Crippen MR) is 68.7 cm³/mol. The van der Waals surface area contributed by atoms with Crippen molar-refractivity contribution in [1.82, 2.24) is 4.98 Å². The molecule has 112 valence electrons. The second-order valence-electron chi connectivity index (χ2n) is 4.27. The number of aromatic nitrogens is 1. The highest BCUT2D eigenvalue weighted by atomic mass is 19.4. The van der Waals surface area contributed by atoms with Gasteiger partial charge in [-0.05, 0) is 12.1 Å². The van der Waals surface area contributed by atoms with Crippen molar-refractivity contribution in [2.45, 2.75) is 12.6 Å². The molecule has 0 radical (unpaired) electrons. The second kappa shape index (κ2) is 7.09. The number of anilines is 2. The van der Waals surface area contributed by atoms with E-state index in [2.05, 4.69) is 15.0 Å². The first kappa shape index (κ1) is 16.2. The fourth-order valence-corrected chi connectivity index (χ4v) is 1.30. The minimum Gasteiger partial charge on any atom is -0.372 e. The molecule has 20 heavy (non-hydrogen) atoms. The van der Waals surface area contributed by atoms with Crippen molar-refractivity contribution in [2.24, 2.45) is 0 Å². The van der Waals surface area contributed by atoms with E-state index in [1.54, 1.807) is 17.0 Å². The molecule has 0 aromatic carbocycles. The standard InChI is InChI=1S/C12H16F3N3O2/c1-18(2)10-4-3-9(7-16-10)17-11(19)5-6-20-8-12(13,14)15/h3-4,7H,5-6,8H2,1-2H3,(H,17,19). The molecule has 1 heterocycles. The Hall–Kier alpha value is -1.83. The minimum atomic E-state index is -4.37. The molecule has 1 rings (SSSR count). The van der Waals surface area contributed by atoms with Crippen molar-refractivity contribution in [3.05, 3.63) is 18.3 Å². The second-order valence-corrected chi connectivity index (χ2v) is 4.27. The topological polar surface area (TPSA) is 54.5 Å². The summed E-state index contributed by atoms with van der Waals surface area (Å²) in [4.78, 5) is 17.3. The first-order chi connectivity index (χ1) is 9.28. The van der Waals surface area contributed by atoms with Gasteiger partial charge in [0.1, 0.15) is 12.4 Å². The van der Waals surface area contributed by atoms with Crippen LogP contribution in [0.25, 0.3) is 0 Å². The number of ether oxygens (including phenoxy) is 1. The average molecular weight is 291 g/mol. The lowest BCUT2D eigenvalue weighted by Gasteiger charge is -2.12. The van der Waals surface area contributed by atoms with Crippen LogP contribution in [0.2, 0.25) is 0 Å². The normalized spacial score (nSPS) is 11.2. The number of alkyl halides is 3. The van der Waals surface area contributed by atoms with Gasteiger partial charge >= 0.3 is 6.18 Å². The molecule has 0 aliphatic rings. The van der Waals surface area contributed by atoms with Crippen LogP contribution in [0.3, 0.4) is 0 Å². The van der Waals surface area contributed by atoms with Gasteiger partial charge < -0.3 is 15.0 Å². The van der Waals surface area contributed by atoms with Crippen molar-refractivity contribution in [1.29, 1.82) is 0 Å². The zero-order valence-electron chi connectivity index (χ0n) is 11.2. The van der Waals surface area contributed by atoms with Gasteiger partial charge in [0.25, 0.3) is 0 Å². The quantitative estimate of drug-likeness (QED) is 0.815. The Morgan fingerprint density at radius 2 is 2.10 bits per heavy atom. The van der Waals surface area contributed by atoms with Crippen molar-refractivity contribution in [2.75, 3.05) is 37.5 Å². The Balaban J connectivity index is 2.32. The summed E-state index contributed by atoms with van der Waals surface area (Å²) in [5, 5.41) is 2.52. The Kier molecular flexibility index (Phi) is 5.75. The lowest BCUT2D eigenvalue weighted by atomic mass is 10.3. The maximum Gasteiger partial charge on any atom is 0.411 e. The number of amides is 1. The number of carbonyl (C=O) groups excluding carboxylic acids is 1. The summed E-state index contributed by atoms with van der Waals surface area (Å²) in [5.74, 6) is 0.308. The molecule has 5 nitrogen and oxygen atoms in total. The van der Waals surface area contributed by atoms with Crippen molar-refractivity contribution in [3.63, 3.8) is 0 Å². The van der Waals surface area contributed by atoms with E-state index in [1.165, 1.54) is 6.20 Å². The van der Waals surface area contributed by atoms with Crippen LogP contribution in [-0.4, -0.2) is 44.4 Å². The van der Waals surface area contributed by atoms with E-state index in [-0.39, 0.29) is 13.0 Å². The van der Waals surface area contributed by atoms with E-state index in [9.17, 15) is 18.0 Å². The van der Waals surface area contributed by atoms with Crippen LogP contribution in [0.5, 0.6) is 0 Å². The van der Waals surface area contributed by atoms with Crippen LogP contribution in [-0.2, 0) is 9.53 Å². The number of halogens is 3. The minimum absolute atomic E-state index is 0.147. The van der Waals surface area contributed by atoms with Crippen molar-refractivity contribution >= 4 is 17.4 Å². The molecule has 0 spiro atoms. The molecule has 1 aromatic heterocycles. The monoisotopic (exact) mass is 291 g/mol. The Morgan fingerprint density at radius 3 is 2.60 bits per heavy atom. The number of hydrogen-bond donors (Lipinski definition) is 1. The Bertz CT molecular complexity index is 433. The van der Waals surface area contributed by atoms with Gasteiger partial charge in [-0.3, -0.25) is 4.79 Å². The maximum absolute atomic E-state index is 11.8. The average Bonchev–Trinajstić information content (AvgIpc) is 2.34. The van der Waals surface area contributed by atoms with E-state index in [4.69, 9.17) is 0 Å². The Morgan fingerprint density at radius 1 is 1.40 bits per heavy atom. The third kappa shape index (κ3) is 6.37. The predicted octanol–water partition coefficient (Wildman–Crippen LogP) is 2.06. The third-order valence-electron chi connectivity index (χ3n) is 2.23. The van der Waals surface area contributed by atoms with Crippen molar-refractivity contribution < 1.29 is 22.7 Å². The molecule has 1 amide bonds. The van der Waals surface area contributed by atoms with Gasteiger partial charge in [0, 0.05) is 14.1 Å². The lowest BCUT2D eigenvalue weighted by Crippen LogP contribution is -2.20. The zero-order valence-corrected chi connectivity index (χ0v) is 11.2. The van der Waals surface area contributed by atoms with E-state index >= 15 is 0 Å². The molecule has 0 saturated carbocycles. The van der Waals surface area contributed by atoms with Crippen LogP contribution in [0.4, 0.5) is 24.7 Å². The summed E-state index contributed by atoms with van der Waals surface area (Å²) < 4.78 is 39.7. The third-order valence-corrected chi connectivity index (χ3v) is 2.23. The van der Waals surface area contributed by atoms with Gasteiger partial charge in [-0.25, -0.2) is 4.98 Å². The molecule has 1 aromatic rings. The molecule has 0 aliphatic heterocycles. The number of carbonyl (C=O) groups is 1. The summed E-state index contributed by atoms with van der Waals surface area (Å²) in [5.41, 5.74) is 0.483. The highest BCUT2D eigenvalue weighted by Crippen LogP contribution is 2.15. The zero-order chi connectivity index (χ0) is 15.2. The molecule has 0 saturated heterocycles. The van der Waals surface area contributed by atoms with Gasteiger partial charge in [-0.15, -0.1) is 0 Å². The fraction of sp³-hybridized carbons (Fsp3) is 0.500. The highest BCUT2D eigenvalue weighted by Gasteiger charge is 2.27. The van der Waals surface area contributed by atoms with Crippen LogP contribution in [0.1, 0.15) is 6.42 Å². The SMILES string of the molecule is CN(C)c1ccc(NC(=O)CCOCC(F)(F)F)cn1. The lowest BCUT2D eigenvalue weighted by molar-refractivity contribution is -0.174. The van der Waals surface area contributed by atoms with Gasteiger partial charge in [0.2, 0.25) is 5.91 Å². The molecular weight excluding hydrogens is 275 g/mol. The maximum atomic E-state index is 11.8. The van der Waals surface area contributed by atoms with Gasteiger partial charge in [0.15, 0.2) is 0 Å². The number of rotatable bonds is 6. The van der Waals surface area contributed by atoms with Crippen molar-refractivity contribution in [3.8, 4) is 0 Å². The van der Waals surface area contributed by atoms with Gasteiger partial charge in [-0.1, -0.05) is 0 Å². The summed E-state index contributed by atoms with van der Waals surface area (Å²) in [6.45, 7) is -1.63.